The standard InChI is InChI=1S/C15H16ClN3O2/c1-2-7-19-9-11(4-6-14(19)20)18-15(21)12-5-3-10(17)8-13(12)16/h3-6,8-9H,2,7,17H2,1H3,(H,18,21). The minimum absolute atomic E-state index is 0.0969. The number of benzene rings is 1. The summed E-state index contributed by atoms with van der Waals surface area (Å²) in [7, 11) is 0. The molecule has 0 radical (unpaired) electrons. The molecule has 0 atom stereocenters. The van der Waals surface area contributed by atoms with Gasteiger partial charge in [0.1, 0.15) is 0 Å². The summed E-state index contributed by atoms with van der Waals surface area (Å²) in [5.74, 6) is -0.346. The van der Waals surface area contributed by atoms with Crippen molar-refractivity contribution in [3.8, 4) is 0 Å². The van der Waals surface area contributed by atoms with E-state index in [0.717, 1.165) is 6.42 Å². The van der Waals surface area contributed by atoms with Crippen LogP contribution < -0.4 is 16.6 Å². The number of rotatable bonds is 4. The Kier molecular flexibility index (Phi) is 4.65. The monoisotopic (exact) mass is 305 g/mol. The number of aryl methyl sites for hydroxylation is 1. The Morgan fingerprint density at radius 1 is 1.33 bits per heavy atom. The molecule has 6 heteroatoms. The Hall–Kier alpha value is -2.27. The van der Waals surface area contributed by atoms with Crippen molar-refractivity contribution in [2.45, 2.75) is 19.9 Å². The first-order valence-corrected chi connectivity index (χ1v) is 6.96. The SMILES string of the molecule is CCCn1cc(NC(=O)c2ccc(N)cc2Cl)ccc1=O. The van der Waals surface area contributed by atoms with Crippen LogP contribution in [0, 0.1) is 0 Å². The van der Waals surface area contributed by atoms with Gasteiger partial charge in [0, 0.05) is 24.5 Å². The molecule has 0 aliphatic heterocycles. The van der Waals surface area contributed by atoms with Crippen LogP contribution >= 0.6 is 11.6 Å². The van der Waals surface area contributed by atoms with E-state index in [2.05, 4.69) is 5.32 Å². The highest BCUT2D eigenvalue weighted by Crippen LogP contribution is 2.20. The fraction of sp³-hybridized carbons (Fsp3) is 0.200. The average molecular weight is 306 g/mol. The summed E-state index contributed by atoms with van der Waals surface area (Å²) in [6.45, 7) is 2.58. The van der Waals surface area contributed by atoms with Gasteiger partial charge in [-0.05, 0) is 30.7 Å². The van der Waals surface area contributed by atoms with Crippen LogP contribution in [0.5, 0.6) is 0 Å². The molecule has 1 aromatic carbocycles. The summed E-state index contributed by atoms with van der Waals surface area (Å²) >= 11 is 6.00. The number of hydrogen-bond acceptors (Lipinski definition) is 3. The first-order chi connectivity index (χ1) is 10.0. The summed E-state index contributed by atoms with van der Waals surface area (Å²) in [5.41, 5.74) is 6.87. The Bertz CT molecular complexity index is 725. The predicted molar refractivity (Wildman–Crippen MR) is 84.8 cm³/mol. The molecule has 0 unspecified atom stereocenters. The molecule has 0 saturated heterocycles. The van der Waals surface area contributed by atoms with E-state index >= 15 is 0 Å². The molecule has 0 aliphatic carbocycles. The molecule has 21 heavy (non-hydrogen) atoms. The first kappa shape index (κ1) is 15.1. The van der Waals surface area contributed by atoms with E-state index in [0.29, 0.717) is 23.5 Å². The second kappa shape index (κ2) is 6.45. The zero-order chi connectivity index (χ0) is 15.4. The molecule has 5 nitrogen and oxygen atoms in total. The lowest BCUT2D eigenvalue weighted by Crippen LogP contribution is -2.20. The Labute approximate surface area is 127 Å². The number of aromatic nitrogens is 1. The van der Waals surface area contributed by atoms with E-state index in [9.17, 15) is 9.59 Å². The van der Waals surface area contributed by atoms with Crippen molar-refractivity contribution < 1.29 is 4.79 Å². The molecule has 2 rings (SSSR count). The van der Waals surface area contributed by atoms with Crippen molar-refractivity contribution in [1.82, 2.24) is 4.57 Å². The number of pyridine rings is 1. The largest absolute Gasteiger partial charge is 0.399 e. The number of hydrogen-bond donors (Lipinski definition) is 2. The highest BCUT2D eigenvalue weighted by atomic mass is 35.5. The maximum Gasteiger partial charge on any atom is 0.257 e. The van der Waals surface area contributed by atoms with Gasteiger partial charge in [-0.25, -0.2) is 0 Å². The number of anilines is 2. The van der Waals surface area contributed by atoms with Gasteiger partial charge in [-0.15, -0.1) is 0 Å². The number of halogens is 1. The summed E-state index contributed by atoms with van der Waals surface area (Å²) in [5, 5.41) is 3.01. The number of nitrogens with two attached hydrogens (primary N) is 1. The smallest absolute Gasteiger partial charge is 0.257 e. The molecule has 110 valence electrons. The van der Waals surface area contributed by atoms with E-state index in [1.165, 1.54) is 12.1 Å². The third kappa shape index (κ3) is 3.64. The minimum Gasteiger partial charge on any atom is -0.399 e. The molecule has 1 aromatic heterocycles. The normalized spacial score (nSPS) is 10.4. The van der Waals surface area contributed by atoms with Gasteiger partial charge in [0.05, 0.1) is 16.3 Å². The zero-order valence-electron chi connectivity index (χ0n) is 11.6. The predicted octanol–water partition coefficient (Wildman–Crippen LogP) is 2.75. The van der Waals surface area contributed by atoms with E-state index in [4.69, 9.17) is 17.3 Å². The van der Waals surface area contributed by atoms with Gasteiger partial charge in [0.2, 0.25) is 0 Å². The van der Waals surface area contributed by atoms with E-state index in [-0.39, 0.29) is 16.5 Å². The second-order valence-electron chi connectivity index (χ2n) is 4.64. The molecular weight excluding hydrogens is 290 g/mol. The third-order valence-corrected chi connectivity index (χ3v) is 3.26. The maximum atomic E-state index is 12.2. The highest BCUT2D eigenvalue weighted by molar-refractivity contribution is 6.34. The van der Waals surface area contributed by atoms with Gasteiger partial charge in [-0.3, -0.25) is 9.59 Å². The maximum absolute atomic E-state index is 12.2. The molecule has 2 aromatic rings. The summed E-state index contributed by atoms with van der Waals surface area (Å²) in [4.78, 5) is 23.8. The fourth-order valence-corrected chi connectivity index (χ4v) is 2.21. The summed E-state index contributed by atoms with van der Waals surface area (Å²) in [6.07, 6.45) is 2.45. The van der Waals surface area contributed by atoms with Gasteiger partial charge in [0.25, 0.3) is 11.5 Å². The van der Waals surface area contributed by atoms with Crippen molar-refractivity contribution in [1.29, 1.82) is 0 Å². The molecule has 0 fully saturated rings. The van der Waals surface area contributed by atoms with Crippen LogP contribution in [0.4, 0.5) is 11.4 Å². The van der Waals surface area contributed by atoms with Crippen molar-refractivity contribution in [3.05, 3.63) is 57.5 Å². The first-order valence-electron chi connectivity index (χ1n) is 6.58. The third-order valence-electron chi connectivity index (χ3n) is 2.94. The van der Waals surface area contributed by atoms with Crippen molar-refractivity contribution >= 4 is 28.9 Å². The Balaban J connectivity index is 2.23. The molecule has 0 saturated carbocycles. The van der Waals surface area contributed by atoms with Crippen molar-refractivity contribution in [2.75, 3.05) is 11.1 Å². The van der Waals surface area contributed by atoms with Crippen LogP contribution in [0.25, 0.3) is 0 Å². The molecule has 0 spiro atoms. The lowest BCUT2D eigenvalue weighted by atomic mass is 10.2. The molecule has 1 amide bonds. The Morgan fingerprint density at radius 3 is 2.76 bits per heavy atom. The highest BCUT2D eigenvalue weighted by Gasteiger charge is 2.11. The Morgan fingerprint density at radius 2 is 2.10 bits per heavy atom. The quantitative estimate of drug-likeness (QED) is 0.853. The van der Waals surface area contributed by atoms with Gasteiger partial charge in [-0.1, -0.05) is 18.5 Å². The molecule has 1 heterocycles. The van der Waals surface area contributed by atoms with Crippen LogP contribution in [0.1, 0.15) is 23.7 Å². The number of nitrogens with one attached hydrogen (secondary N) is 1. The number of carbonyl (C=O) groups is 1. The lowest BCUT2D eigenvalue weighted by Gasteiger charge is -2.10. The van der Waals surface area contributed by atoms with Gasteiger partial charge in [-0.2, -0.15) is 0 Å². The number of nitrogens with zero attached hydrogens (tertiary/aromatic N) is 1. The minimum atomic E-state index is -0.346. The van der Waals surface area contributed by atoms with Crippen molar-refractivity contribution in [2.24, 2.45) is 0 Å². The second-order valence-corrected chi connectivity index (χ2v) is 5.05. The van der Waals surface area contributed by atoms with Gasteiger partial charge in [0.15, 0.2) is 0 Å². The van der Waals surface area contributed by atoms with Crippen molar-refractivity contribution in [3.63, 3.8) is 0 Å². The van der Waals surface area contributed by atoms with E-state index in [1.807, 2.05) is 6.92 Å². The van der Waals surface area contributed by atoms with Gasteiger partial charge < -0.3 is 15.6 Å². The molecule has 0 bridgehead atoms. The topological polar surface area (TPSA) is 77.1 Å². The van der Waals surface area contributed by atoms with E-state index in [1.54, 1.807) is 29.0 Å². The summed E-state index contributed by atoms with van der Waals surface area (Å²) < 4.78 is 1.56. The average Bonchev–Trinajstić information content (AvgIpc) is 2.42. The lowest BCUT2D eigenvalue weighted by molar-refractivity contribution is 0.102. The van der Waals surface area contributed by atoms with Crippen LogP contribution in [0.2, 0.25) is 5.02 Å². The zero-order valence-corrected chi connectivity index (χ0v) is 12.4. The molecule has 3 N–H and O–H groups in total. The fourth-order valence-electron chi connectivity index (χ4n) is 1.93. The number of carbonyl (C=O) groups excluding carboxylic acids is 1. The molecule has 0 aliphatic rings. The number of amides is 1. The van der Waals surface area contributed by atoms with Gasteiger partial charge >= 0.3 is 0 Å². The van der Waals surface area contributed by atoms with Crippen LogP contribution in [0.3, 0.4) is 0 Å². The van der Waals surface area contributed by atoms with Crippen LogP contribution in [0.15, 0.2) is 41.3 Å². The number of nitrogen functional groups attached to an aromatic ring is 1. The van der Waals surface area contributed by atoms with E-state index < -0.39 is 0 Å². The van der Waals surface area contributed by atoms with Crippen LogP contribution in [-0.2, 0) is 6.54 Å². The van der Waals surface area contributed by atoms with Crippen LogP contribution in [-0.4, -0.2) is 10.5 Å². The summed E-state index contributed by atoms with van der Waals surface area (Å²) in [6, 6.07) is 7.69. The molecular formula is C15H16ClN3O2.